The molecule has 0 fully saturated rings. The molecule has 0 bridgehead atoms. The van der Waals surface area contributed by atoms with E-state index in [2.05, 4.69) is 15.9 Å². The highest BCUT2D eigenvalue weighted by atomic mass is 16.2. The quantitative estimate of drug-likeness (QED) is 0.832. The highest BCUT2D eigenvalue weighted by Crippen LogP contribution is 2.30. The maximum Gasteiger partial charge on any atom is 0.347 e. The summed E-state index contributed by atoms with van der Waals surface area (Å²) in [6.07, 6.45) is 8.83. The first-order chi connectivity index (χ1) is 8.97. The molecular formula is C13H17N5O. The molecule has 0 saturated carbocycles. The van der Waals surface area contributed by atoms with Crippen LogP contribution in [0.1, 0.15) is 38.5 Å². The molecule has 1 aliphatic rings. The number of nitrogens with zero attached hydrogens (tertiary/aromatic N) is 4. The van der Waals surface area contributed by atoms with Gasteiger partial charge in [0.2, 0.25) is 0 Å². The summed E-state index contributed by atoms with van der Waals surface area (Å²) >= 11 is 0. The van der Waals surface area contributed by atoms with Gasteiger partial charge in [0.15, 0.2) is 0 Å². The normalized spacial score (nSPS) is 20.6. The Kier molecular flexibility index (Phi) is 3.30. The minimum absolute atomic E-state index is 0.212. The summed E-state index contributed by atoms with van der Waals surface area (Å²) in [5, 5.41) is 0. The summed E-state index contributed by atoms with van der Waals surface area (Å²) in [7, 11) is 0. The smallest absolute Gasteiger partial charge is 0.347 e. The lowest BCUT2D eigenvalue weighted by molar-refractivity contribution is 0.196. The molecule has 0 aliphatic carbocycles. The van der Waals surface area contributed by atoms with Crippen LogP contribution in [0.5, 0.6) is 0 Å². The number of terminal acetylenes is 1. The second-order valence-electron chi connectivity index (χ2n) is 4.79. The first-order valence-corrected chi connectivity index (χ1v) is 6.11. The number of nitrogens with two attached hydrogens (primary N) is 1. The molecule has 1 aromatic rings. The molecule has 1 aromatic heterocycles. The average Bonchev–Trinajstić information content (AvgIpc) is 2.92. The molecule has 0 aromatic carbocycles. The van der Waals surface area contributed by atoms with Crippen LogP contribution in [-0.4, -0.2) is 32.4 Å². The van der Waals surface area contributed by atoms with Crippen LogP contribution in [0, 0.1) is 12.3 Å². The zero-order valence-corrected chi connectivity index (χ0v) is 11.2. The Balaban J connectivity index is 2.47. The van der Waals surface area contributed by atoms with E-state index in [1.165, 1.54) is 4.90 Å². The van der Waals surface area contributed by atoms with Crippen LogP contribution in [0.15, 0.2) is 17.5 Å². The van der Waals surface area contributed by atoms with Crippen LogP contribution in [0.25, 0.3) is 0 Å². The summed E-state index contributed by atoms with van der Waals surface area (Å²) in [5.41, 5.74) is 6.71. The number of amidine groups is 1. The Morgan fingerprint density at radius 1 is 1.47 bits per heavy atom. The van der Waals surface area contributed by atoms with Crippen LogP contribution in [0.2, 0.25) is 0 Å². The van der Waals surface area contributed by atoms with Crippen LogP contribution in [-0.2, 0) is 0 Å². The number of aromatic nitrogens is 2. The molecule has 100 valence electrons. The maximum absolute atomic E-state index is 11.9. The number of hydrogen-bond donors (Lipinski definition) is 1. The summed E-state index contributed by atoms with van der Waals surface area (Å²) in [4.78, 5) is 21.4. The third-order valence-electron chi connectivity index (χ3n) is 3.19. The number of carbonyl (C=O) groups excluding carboxylic acids is 1. The van der Waals surface area contributed by atoms with Crippen molar-refractivity contribution in [1.82, 2.24) is 14.5 Å². The number of urea groups is 1. The van der Waals surface area contributed by atoms with E-state index in [1.54, 1.807) is 19.4 Å². The lowest BCUT2D eigenvalue weighted by Gasteiger charge is -2.28. The van der Waals surface area contributed by atoms with E-state index >= 15 is 0 Å². The van der Waals surface area contributed by atoms with Crippen molar-refractivity contribution in [3.63, 3.8) is 0 Å². The lowest BCUT2D eigenvalue weighted by atomic mass is 10.1. The predicted octanol–water partition coefficient (Wildman–Crippen LogP) is 1.32. The van der Waals surface area contributed by atoms with Gasteiger partial charge in [-0.1, -0.05) is 5.92 Å². The maximum atomic E-state index is 11.9. The van der Waals surface area contributed by atoms with Crippen molar-refractivity contribution in [2.75, 3.05) is 0 Å². The molecule has 6 nitrogen and oxygen atoms in total. The summed E-state index contributed by atoms with van der Waals surface area (Å²) in [6, 6.07) is -1.00. The van der Waals surface area contributed by atoms with Gasteiger partial charge in [-0.2, -0.15) is 4.99 Å². The Morgan fingerprint density at radius 3 is 2.74 bits per heavy atom. The van der Waals surface area contributed by atoms with Gasteiger partial charge in [-0.15, -0.1) is 6.42 Å². The topological polar surface area (TPSA) is 76.5 Å². The number of carbonyl (C=O) groups is 1. The first-order valence-electron chi connectivity index (χ1n) is 6.11. The molecule has 2 amide bonds. The largest absolute Gasteiger partial charge is 0.385 e. The molecule has 6 heteroatoms. The van der Waals surface area contributed by atoms with Gasteiger partial charge in [-0.25, -0.2) is 9.78 Å². The van der Waals surface area contributed by atoms with Crippen molar-refractivity contribution in [3.05, 3.63) is 18.2 Å². The van der Waals surface area contributed by atoms with Crippen molar-refractivity contribution in [3.8, 4) is 12.3 Å². The predicted molar refractivity (Wildman–Crippen MR) is 72.5 cm³/mol. The van der Waals surface area contributed by atoms with E-state index in [9.17, 15) is 4.79 Å². The fourth-order valence-electron chi connectivity index (χ4n) is 2.20. The number of imidazole rings is 1. The molecule has 2 rings (SSSR count). The zero-order chi connectivity index (χ0) is 14.2. The fraction of sp³-hybridized carbons (Fsp3) is 0.462. The fourth-order valence-corrected chi connectivity index (χ4v) is 2.20. The van der Waals surface area contributed by atoms with Crippen LogP contribution < -0.4 is 5.73 Å². The second-order valence-corrected chi connectivity index (χ2v) is 4.79. The second kappa shape index (κ2) is 4.76. The van der Waals surface area contributed by atoms with Gasteiger partial charge in [-0.3, -0.25) is 4.90 Å². The lowest BCUT2D eigenvalue weighted by Crippen LogP contribution is -2.40. The third-order valence-corrected chi connectivity index (χ3v) is 3.19. The van der Waals surface area contributed by atoms with Crippen molar-refractivity contribution in [2.45, 2.75) is 38.9 Å². The number of rotatable bonds is 3. The summed E-state index contributed by atoms with van der Waals surface area (Å²) in [6.45, 7) is 5.84. The molecule has 0 spiro atoms. The molecule has 0 saturated heterocycles. The van der Waals surface area contributed by atoms with Crippen LogP contribution in [0.3, 0.4) is 0 Å². The van der Waals surface area contributed by atoms with E-state index in [1.807, 2.05) is 18.4 Å². The molecule has 2 N–H and O–H groups in total. The minimum atomic E-state index is -0.441. The summed E-state index contributed by atoms with van der Waals surface area (Å²) < 4.78 is 1.96. The van der Waals surface area contributed by atoms with Crippen LogP contribution in [0.4, 0.5) is 4.79 Å². The number of hydrogen-bond acceptors (Lipinski definition) is 3. The van der Waals surface area contributed by atoms with Gasteiger partial charge < -0.3 is 10.3 Å². The van der Waals surface area contributed by atoms with Crippen molar-refractivity contribution in [1.29, 1.82) is 0 Å². The first kappa shape index (κ1) is 13.1. The van der Waals surface area contributed by atoms with Crippen LogP contribution >= 0.6 is 0 Å². The van der Waals surface area contributed by atoms with Gasteiger partial charge in [-0.05, 0) is 20.8 Å². The van der Waals surface area contributed by atoms with E-state index in [4.69, 9.17) is 12.2 Å². The monoisotopic (exact) mass is 259 g/mol. The third kappa shape index (κ3) is 2.08. The molecule has 2 unspecified atom stereocenters. The standard InChI is InChI=1S/C13H17N5O/c1-5-9(4)18-11(12(14)16-13(18)19)10-6-15-7-17(10)8(2)3/h1,6-9,11H,2-4H3,(H2,14,16,19). The molecule has 2 atom stereocenters. The van der Waals surface area contributed by atoms with E-state index < -0.39 is 12.1 Å². The molecule has 2 heterocycles. The zero-order valence-electron chi connectivity index (χ0n) is 11.2. The van der Waals surface area contributed by atoms with Gasteiger partial charge in [0, 0.05) is 6.04 Å². The highest BCUT2D eigenvalue weighted by molar-refractivity contribution is 6.03. The Labute approximate surface area is 112 Å². The Morgan fingerprint density at radius 2 is 2.16 bits per heavy atom. The van der Waals surface area contributed by atoms with Gasteiger partial charge in [0.25, 0.3) is 0 Å². The molecule has 1 aliphatic heterocycles. The van der Waals surface area contributed by atoms with E-state index in [0.717, 1.165) is 5.69 Å². The van der Waals surface area contributed by atoms with Crippen molar-refractivity contribution in [2.24, 2.45) is 10.7 Å². The average molecular weight is 259 g/mol. The van der Waals surface area contributed by atoms with Crippen molar-refractivity contribution < 1.29 is 4.79 Å². The van der Waals surface area contributed by atoms with Gasteiger partial charge >= 0.3 is 6.03 Å². The molecular weight excluding hydrogens is 242 g/mol. The van der Waals surface area contributed by atoms with E-state index in [-0.39, 0.29) is 17.9 Å². The summed E-state index contributed by atoms with van der Waals surface area (Å²) in [5.74, 6) is 2.80. The minimum Gasteiger partial charge on any atom is -0.385 e. The molecule has 19 heavy (non-hydrogen) atoms. The van der Waals surface area contributed by atoms with E-state index in [0.29, 0.717) is 0 Å². The molecule has 0 radical (unpaired) electrons. The van der Waals surface area contributed by atoms with Gasteiger partial charge in [0.1, 0.15) is 11.9 Å². The Bertz CT molecular complexity index is 566. The van der Waals surface area contributed by atoms with Crippen molar-refractivity contribution >= 4 is 11.9 Å². The SMILES string of the molecule is C#CC(C)N1C(=O)N=C(N)C1c1cncn1C(C)C. The highest BCUT2D eigenvalue weighted by Gasteiger charge is 2.39. The van der Waals surface area contributed by atoms with Gasteiger partial charge in [0.05, 0.1) is 24.3 Å². The number of amides is 2. The Hall–Kier alpha value is -2.29. The number of aliphatic imine (C=N–C) groups is 1.